The summed E-state index contributed by atoms with van der Waals surface area (Å²) >= 11 is 0. The normalized spacial score (nSPS) is 27.7. The number of carboxylic acid groups (broad SMARTS) is 1. The number of aromatic nitrogens is 1. The second-order valence-corrected chi connectivity index (χ2v) is 9.61. The molecule has 1 amide bonds. The van der Waals surface area contributed by atoms with Crippen LogP contribution in [0.25, 0.3) is 5.76 Å². The highest BCUT2D eigenvalue weighted by atomic mass is 32.2. The standard InChI is InChI=1S/C21H21N3O10S/c1-24-13(19(28)23-12-8-4-5-9-22-12)17(10-6-2-3-7-11(10)35(24,31)32)33-21-16(27)14(25)15(26)18(34-21)20(29)30/h2-9,14-16,18,21,25-27H,1H3,(H,29,30)(H,22,23,28)/t14-,15+,16-,18+,21+/m1/s1. The van der Waals surface area contributed by atoms with Gasteiger partial charge in [0.05, 0.1) is 4.90 Å². The largest absolute Gasteiger partial charge is 0.479 e. The molecule has 13 nitrogen and oxygen atoms in total. The summed E-state index contributed by atoms with van der Waals surface area (Å²) < 4.78 is 37.8. The number of aliphatic hydroxyl groups excluding tert-OH is 3. The molecular formula is C21H21N3O10S. The second kappa shape index (κ2) is 9.24. The minimum Gasteiger partial charge on any atom is -0.479 e. The molecule has 14 heteroatoms. The van der Waals surface area contributed by atoms with Gasteiger partial charge in [-0.15, -0.1) is 0 Å². The molecule has 1 aromatic heterocycles. The zero-order valence-electron chi connectivity index (χ0n) is 18.0. The summed E-state index contributed by atoms with van der Waals surface area (Å²) in [5.41, 5.74) is -0.585. The number of rotatable bonds is 5. The smallest absolute Gasteiger partial charge is 0.335 e. The minimum atomic E-state index is -4.21. The number of ether oxygens (including phenoxy) is 2. The van der Waals surface area contributed by atoms with Gasteiger partial charge in [-0.3, -0.25) is 9.10 Å². The quantitative estimate of drug-likeness (QED) is 0.331. The van der Waals surface area contributed by atoms with Crippen LogP contribution in [0.3, 0.4) is 0 Å². The van der Waals surface area contributed by atoms with Crippen molar-refractivity contribution in [2.24, 2.45) is 0 Å². The third-order valence-electron chi connectivity index (χ3n) is 5.47. The lowest BCUT2D eigenvalue weighted by Gasteiger charge is -2.40. The van der Waals surface area contributed by atoms with E-state index in [2.05, 4.69) is 10.3 Å². The van der Waals surface area contributed by atoms with E-state index in [1.165, 1.54) is 36.5 Å². The maximum atomic E-state index is 13.2. The number of hydrogen-bond donors (Lipinski definition) is 5. The van der Waals surface area contributed by atoms with Crippen LogP contribution < -0.4 is 5.32 Å². The Labute approximate surface area is 198 Å². The van der Waals surface area contributed by atoms with Gasteiger partial charge in [-0.1, -0.05) is 18.2 Å². The number of anilines is 1. The summed E-state index contributed by atoms with van der Waals surface area (Å²) in [7, 11) is -3.10. The molecule has 3 heterocycles. The Bertz CT molecular complexity index is 1280. The number of nitrogens with one attached hydrogen (secondary N) is 1. The molecule has 2 aliphatic rings. The summed E-state index contributed by atoms with van der Waals surface area (Å²) in [5, 5.41) is 42.2. The Morgan fingerprint density at radius 2 is 1.74 bits per heavy atom. The number of carbonyl (C=O) groups is 2. The van der Waals surface area contributed by atoms with Gasteiger partial charge in [0, 0.05) is 18.8 Å². The molecule has 1 aromatic carbocycles. The number of aliphatic carboxylic acids is 1. The summed E-state index contributed by atoms with van der Waals surface area (Å²) in [5.74, 6) is -2.85. The number of benzene rings is 1. The van der Waals surface area contributed by atoms with E-state index < -0.39 is 58.3 Å². The molecule has 1 fully saturated rings. The second-order valence-electron chi connectivity index (χ2n) is 7.67. The number of aliphatic hydroxyl groups is 3. The minimum absolute atomic E-state index is 0.0694. The van der Waals surface area contributed by atoms with Gasteiger partial charge in [0.1, 0.15) is 24.1 Å². The lowest BCUT2D eigenvalue weighted by Crippen LogP contribution is -2.60. The van der Waals surface area contributed by atoms with Gasteiger partial charge in [-0.2, -0.15) is 0 Å². The van der Waals surface area contributed by atoms with E-state index in [9.17, 15) is 38.4 Å². The maximum absolute atomic E-state index is 13.2. The number of likely N-dealkylation sites (N-methyl/N-ethyl adjacent to an activating group) is 1. The third kappa shape index (κ3) is 4.33. The lowest BCUT2D eigenvalue weighted by molar-refractivity contribution is -0.277. The van der Waals surface area contributed by atoms with Crippen molar-refractivity contribution in [1.29, 1.82) is 0 Å². The van der Waals surface area contributed by atoms with Gasteiger partial charge in [-0.25, -0.2) is 18.2 Å². The number of nitrogens with zero attached hydrogens (tertiary/aromatic N) is 2. The molecule has 2 aromatic rings. The summed E-state index contributed by atoms with van der Waals surface area (Å²) in [6, 6.07) is 10.2. The Hall–Kier alpha value is -3.56. The first-order valence-corrected chi connectivity index (χ1v) is 11.6. The fourth-order valence-electron chi connectivity index (χ4n) is 3.66. The van der Waals surface area contributed by atoms with E-state index in [-0.39, 0.29) is 22.0 Å². The van der Waals surface area contributed by atoms with Gasteiger partial charge in [0.2, 0.25) is 6.29 Å². The van der Waals surface area contributed by atoms with Crippen molar-refractivity contribution in [2.45, 2.75) is 35.6 Å². The predicted molar refractivity (Wildman–Crippen MR) is 117 cm³/mol. The van der Waals surface area contributed by atoms with Gasteiger partial charge in [0.15, 0.2) is 17.6 Å². The van der Waals surface area contributed by atoms with Crippen molar-refractivity contribution in [3.05, 3.63) is 59.9 Å². The van der Waals surface area contributed by atoms with Gasteiger partial charge in [0.25, 0.3) is 15.9 Å². The SMILES string of the molecule is CN1C(C(=O)Nc2ccccn2)=C(O[C@H]2O[C@H](C(=O)O)[C@@H](O)[C@@H](O)[C@H]2O)c2ccccc2S1(=O)=O. The molecule has 0 unspecified atom stereocenters. The van der Waals surface area contributed by atoms with Crippen molar-refractivity contribution < 1.29 is 47.9 Å². The number of hydrogen-bond acceptors (Lipinski definition) is 10. The molecule has 186 valence electrons. The zero-order valence-corrected chi connectivity index (χ0v) is 18.9. The zero-order chi connectivity index (χ0) is 25.5. The van der Waals surface area contributed by atoms with Crippen LogP contribution in [0.4, 0.5) is 5.82 Å². The number of carboxylic acids is 1. The van der Waals surface area contributed by atoms with E-state index >= 15 is 0 Å². The van der Waals surface area contributed by atoms with Gasteiger partial charge in [-0.05, 0) is 24.3 Å². The van der Waals surface area contributed by atoms with E-state index in [0.29, 0.717) is 4.31 Å². The molecule has 35 heavy (non-hydrogen) atoms. The van der Waals surface area contributed by atoms with Crippen molar-refractivity contribution >= 4 is 33.5 Å². The van der Waals surface area contributed by atoms with Crippen molar-refractivity contribution in [3.8, 4) is 0 Å². The molecule has 0 bridgehead atoms. The summed E-state index contributed by atoms with van der Waals surface area (Å²) in [6.07, 6.45) is -8.33. The average molecular weight is 507 g/mol. The molecule has 1 saturated heterocycles. The lowest BCUT2D eigenvalue weighted by atomic mass is 9.99. The first kappa shape index (κ1) is 24.6. The highest BCUT2D eigenvalue weighted by Gasteiger charge is 2.49. The Morgan fingerprint density at radius 1 is 1.06 bits per heavy atom. The van der Waals surface area contributed by atoms with Crippen molar-refractivity contribution in [3.63, 3.8) is 0 Å². The van der Waals surface area contributed by atoms with Crippen LogP contribution in [-0.2, 0) is 29.1 Å². The fourth-order valence-corrected chi connectivity index (χ4v) is 5.05. The van der Waals surface area contributed by atoms with E-state index in [1.54, 1.807) is 12.1 Å². The monoisotopic (exact) mass is 507 g/mol. The van der Waals surface area contributed by atoms with Crippen molar-refractivity contribution in [1.82, 2.24) is 9.29 Å². The molecule has 5 N–H and O–H groups in total. The maximum Gasteiger partial charge on any atom is 0.335 e. The molecule has 0 aliphatic carbocycles. The van der Waals surface area contributed by atoms with E-state index in [4.69, 9.17) is 9.47 Å². The van der Waals surface area contributed by atoms with Crippen molar-refractivity contribution in [2.75, 3.05) is 12.4 Å². The number of fused-ring (bicyclic) bond motifs is 1. The molecule has 0 spiro atoms. The van der Waals surface area contributed by atoms with Crippen LogP contribution in [0.2, 0.25) is 0 Å². The first-order chi connectivity index (χ1) is 16.5. The van der Waals surface area contributed by atoms with Crippen LogP contribution in [0.5, 0.6) is 0 Å². The Balaban J connectivity index is 1.82. The highest BCUT2D eigenvalue weighted by Crippen LogP contribution is 2.39. The third-order valence-corrected chi connectivity index (χ3v) is 7.28. The van der Waals surface area contributed by atoms with Gasteiger partial charge >= 0.3 is 5.97 Å². The fraction of sp³-hybridized carbons (Fsp3) is 0.286. The Kier molecular flexibility index (Phi) is 6.48. The van der Waals surface area contributed by atoms with Crippen LogP contribution in [0.1, 0.15) is 5.56 Å². The van der Waals surface area contributed by atoms with Gasteiger partial charge < -0.3 is 35.2 Å². The summed E-state index contributed by atoms with van der Waals surface area (Å²) in [4.78, 5) is 28.4. The number of amides is 1. The highest BCUT2D eigenvalue weighted by molar-refractivity contribution is 7.89. The predicted octanol–water partition coefficient (Wildman–Crippen LogP) is -1.07. The number of carbonyl (C=O) groups excluding carboxylic acids is 1. The molecule has 0 saturated carbocycles. The van der Waals surface area contributed by atoms with Crippen LogP contribution in [0, 0.1) is 0 Å². The molecule has 5 atom stereocenters. The van der Waals surface area contributed by atoms with Crippen LogP contribution in [0.15, 0.2) is 59.3 Å². The average Bonchev–Trinajstić information content (AvgIpc) is 2.83. The Morgan fingerprint density at radius 3 is 2.40 bits per heavy atom. The van der Waals surface area contributed by atoms with Crippen LogP contribution in [-0.4, -0.2) is 87.8 Å². The first-order valence-electron chi connectivity index (χ1n) is 10.2. The number of sulfonamides is 1. The van der Waals surface area contributed by atoms with Crippen LogP contribution >= 0.6 is 0 Å². The van der Waals surface area contributed by atoms with E-state index in [0.717, 1.165) is 7.05 Å². The topological polar surface area (TPSA) is 196 Å². The summed E-state index contributed by atoms with van der Waals surface area (Å²) in [6.45, 7) is 0. The van der Waals surface area contributed by atoms with E-state index in [1.807, 2.05) is 0 Å². The number of pyridine rings is 1. The molecule has 2 aliphatic heterocycles. The molecular weight excluding hydrogens is 486 g/mol. The molecule has 0 radical (unpaired) electrons. The molecule has 4 rings (SSSR count).